The van der Waals surface area contributed by atoms with Crippen molar-refractivity contribution in [3.05, 3.63) is 42.0 Å². The first-order valence-corrected chi connectivity index (χ1v) is 9.25. The van der Waals surface area contributed by atoms with E-state index in [1.54, 1.807) is 7.11 Å². The lowest BCUT2D eigenvalue weighted by Gasteiger charge is -2.34. The van der Waals surface area contributed by atoms with Crippen molar-refractivity contribution in [2.75, 3.05) is 39.9 Å². The van der Waals surface area contributed by atoms with E-state index in [1.165, 1.54) is 16.3 Å². The van der Waals surface area contributed by atoms with Gasteiger partial charge in [0.2, 0.25) is 0 Å². The van der Waals surface area contributed by atoms with Gasteiger partial charge in [0.1, 0.15) is 5.75 Å². The van der Waals surface area contributed by atoms with Crippen LogP contribution in [0, 0.1) is 5.92 Å². The second-order valence-electron chi connectivity index (χ2n) is 7.32. The topological polar surface area (TPSA) is 33.7 Å². The molecule has 0 aromatic heterocycles. The predicted octanol–water partition coefficient (Wildman–Crippen LogP) is 3.29. The van der Waals surface area contributed by atoms with Gasteiger partial charge in [-0.05, 0) is 40.5 Å². The van der Waals surface area contributed by atoms with E-state index in [9.17, 15) is 0 Å². The number of morpholine rings is 1. The van der Waals surface area contributed by atoms with E-state index in [0.29, 0.717) is 5.92 Å². The van der Waals surface area contributed by atoms with E-state index in [0.717, 1.165) is 45.1 Å². The number of fused-ring (bicyclic) bond motifs is 1. The van der Waals surface area contributed by atoms with Gasteiger partial charge < -0.3 is 14.8 Å². The summed E-state index contributed by atoms with van der Waals surface area (Å²) in [6.07, 6.45) is 0.289. The Hall–Kier alpha value is -1.62. The zero-order chi connectivity index (χ0) is 17.6. The number of benzene rings is 2. The smallest absolute Gasteiger partial charge is 0.119 e. The molecule has 4 heteroatoms. The molecule has 1 heterocycles. The molecule has 136 valence electrons. The Labute approximate surface area is 151 Å². The Morgan fingerprint density at radius 3 is 2.80 bits per heavy atom. The Morgan fingerprint density at radius 2 is 2.00 bits per heavy atom. The minimum Gasteiger partial charge on any atom is -0.497 e. The maximum Gasteiger partial charge on any atom is 0.119 e. The highest BCUT2D eigenvalue weighted by atomic mass is 16.5. The summed E-state index contributed by atoms with van der Waals surface area (Å²) in [5, 5.41) is 6.01. The van der Waals surface area contributed by atoms with Crippen molar-refractivity contribution in [3.63, 3.8) is 0 Å². The van der Waals surface area contributed by atoms with Gasteiger partial charge in [0.25, 0.3) is 0 Å². The SMILES string of the molecule is COc1ccc2cc(CNCC3CN(CC(C)C)CCO3)ccc2c1. The third-order valence-corrected chi connectivity index (χ3v) is 4.66. The van der Waals surface area contributed by atoms with Crippen molar-refractivity contribution in [2.45, 2.75) is 26.5 Å². The van der Waals surface area contributed by atoms with Crippen LogP contribution in [0.25, 0.3) is 10.8 Å². The second kappa shape index (κ2) is 8.65. The largest absolute Gasteiger partial charge is 0.497 e. The molecular formula is C21H30N2O2. The lowest BCUT2D eigenvalue weighted by molar-refractivity contribution is -0.0303. The molecule has 1 saturated heterocycles. The molecule has 0 bridgehead atoms. The summed E-state index contributed by atoms with van der Waals surface area (Å²) in [7, 11) is 1.70. The van der Waals surface area contributed by atoms with Gasteiger partial charge in [0.15, 0.2) is 0 Å². The third-order valence-electron chi connectivity index (χ3n) is 4.66. The van der Waals surface area contributed by atoms with Gasteiger partial charge in [-0.15, -0.1) is 0 Å². The molecule has 0 radical (unpaired) electrons. The van der Waals surface area contributed by atoms with Crippen LogP contribution in [-0.4, -0.2) is 50.9 Å². The lowest BCUT2D eigenvalue weighted by atomic mass is 10.1. The number of rotatable bonds is 7. The van der Waals surface area contributed by atoms with Crippen LogP contribution in [0.4, 0.5) is 0 Å². The van der Waals surface area contributed by atoms with E-state index >= 15 is 0 Å². The first-order valence-electron chi connectivity index (χ1n) is 9.25. The number of hydrogen-bond acceptors (Lipinski definition) is 4. The van der Waals surface area contributed by atoms with Crippen LogP contribution < -0.4 is 10.1 Å². The molecule has 0 aliphatic carbocycles. The number of hydrogen-bond donors (Lipinski definition) is 1. The summed E-state index contributed by atoms with van der Waals surface area (Å²) >= 11 is 0. The average molecular weight is 342 g/mol. The maximum atomic E-state index is 5.91. The van der Waals surface area contributed by atoms with Gasteiger partial charge >= 0.3 is 0 Å². The summed E-state index contributed by atoms with van der Waals surface area (Å²) in [5.41, 5.74) is 1.30. The second-order valence-corrected chi connectivity index (χ2v) is 7.32. The van der Waals surface area contributed by atoms with Crippen molar-refractivity contribution in [3.8, 4) is 5.75 Å². The fraction of sp³-hybridized carbons (Fsp3) is 0.524. The Bertz CT molecular complexity index is 687. The van der Waals surface area contributed by atoms with Gasteiger partial charge in [-0.1, -0.05) is 32.0 Å². The summed E-state index contributed by atoms with van der Waals surface area (Å²) in [5.74, 6) is 1.61. The molecule has 1 N–H and O–H groups in total. The summed E-state index contributed by atoms with van der Waals surface area (Å²) in [6.45, 7) is 10.4. The standard InChI is InChI=1S/C21H30N2O2/c1-16(2)14-23-8-9-25-21(15-23)13-22-12-17-4-5-19-11-20(24-3)7-6-18(19)10-17/h4-7,10-11,16,21-22H,8-9,12-15H2,1-3H3. The molecule has 4 nitrogen and oxygen atoms in total. The minimum absolute atomic E-state index is 0.289. The first kappa shape index (κ1) is 18.2. The fourth-order valence-corrected chi connectivity index (χ4v) is 3.47. The van der Waals surface area contributed by atoms with Crippen LogP contribution in [0.5, 0.6) is 5.75 Å². The molecule has 0 spiro atoms. The molecule has 25 heavy (non-hydrogen) atoms. The van der Waals surface area contributed by atoms with Gasteiger partial charge in [-0.3, -0.25) is 4.90 Å². The Morgan fingerprint density at radius 1 is 1.20 bits per heavy atom. The molecule has 1 atom stereocenters. The van der Waals surface area contributed by atoms with Crippen molar-refractivity contribution in [2.24, 2.45) is 5.92 Å². The fourth-order valence-electron chi connectivity index (χ4n) is 3.47. The zero-order valence-electron chi connectivity index (χ0n) is 15.6. The lowest BCUT2D eigenvalue weighted by Crippen LogP contribution is -2.47. The quantitative estimate of drug-likeness (QED) is 0.837. The zero-order valence-corrected chi connectivity index (χ0v) is 15.6. The molecule has 1 aliphatic rings. The summed E-state index contributed by atoms with van der Waals surface area (Å²) in [4.78, 5) is 2.52. The Kier molecular flexibility index (Phi) is 6.29. The van der Waals surface area contributed by atoms with Crippen molar-refractivity contribution in [1.29, 1.82) is 0 Å². The maximum absolute atomic E-state index is 5.91. The molecule has 1 fully saturated rings. The van der Waals surface area contributed by atoms with E-state index in [-0.39, 0.29) is 6.10 Å². The molecule has 3 rings (SSSR count). The van der Waals surface area contributed by atoms with E-state index in [4.69, 9.17) is 9.47 Å². The van der Waals surface area contributed by atoms with E-state index < -0.39 is 0 Å². The van der Waals surface area contributed by atoms with Gasteiger partial charge in [0, 0.05) is 32.7 Å². The predicted molar refractivity (Wildman–Crippen MR) is 103 cm³/mol. The van der Waals surface area contributed by atoms with E-state index in [2.05, 4.69) is 54.4 Å². The highest BCUT2D eigenvalue weighted by Crippen LogP contribution is 2.21. The molecule has 1 aliphatic heterocycles. The van der Waals surface area contributed by atoms with Crippen LogP contribution in [0.1, 0.15) is 19.4 Å². The molecule has 2 aromatic carbocycles. The van der Waals surface area contributed by atoms with Crippen molar-refractivity contribution < 1.29 is 9.47 Å². The van der Waals surface area contributed by atoms with Crippen LogP contribution in [0.3, 0.4) is 0 Å². The number of methoxy groups -OCH3 is 1. The summed E-state index contributed by atoms with van der Waals surface area (Å²) in [6, 6.07) is 12.8. The average Bonchev–Trinajstić information content (AvgIpc) is 2.61. The minimum atomic E-state index is 0.289. The third kappa shape index (κ3) is 5.18. The van der Waals surface area contributed by atoms with Gasteiger partial charge in [-0.25, -0.2) is 0 Å². The van der Waals surface area contributed by atoms with Crippen molar-refractivity contribution >= 4 is 10.8 Å². The molecule has 1 unspecified atom stereocenters. The highest BCUT2D eigenvalue weighted by Gasteiger charge is 2.20. The number of nitrogens with one attached hydrogen (secondary N) is 1. The van der Waals surface area contributed by atoms with Crippen molar-refractivity contribution in [1.82, 2.24) is 10.2 Å². The number of nitrogens with zero attached hydrogens (tertiary/aromatic N) is 1. The highest BCUT2D eigenvalue weighted by molar-refractivity contribution is 5.84. The van der Waals surface area contributed by atoms with Crippen LogP contribution >= 0.6 is 0 Å². The molecular weight excluding hydrogens is 312 g/mol. The van der Waals surface area contributed by atoms with Crippen LogP contribution in [-0.2, 0) is 11.3 Å². The molecule has 0 amide bonds. The van der Waals surface area contributed by atoms with Gasteiger partial charge in [-0.2, -0.15) is 0 Å². The molecule has 2 aromatic rings. The van der Waals surface area contributed by atoms with Gasteiger partial charge in [0.05, 0.1) is 19.8 Å². The monoisotopic (exact) mass is 342 g/mol. The summed E-state index contributed by atoms with van der Waals surface area (Å²) < 4.78 is 11.2. The van der Waals surface area contributed by atoms with Crippen LogP contribution in [0.2, 0.25) is 0 Å². The molecule has 0 saturated carbocycles. The normalized spacial score (nSPS) is 18.8. The Balaban J connectivity index is 1.51. The number of ether oxygens (including phenoxy) is 2. The first-order chi connectivity index (χ1) is 12.1. The van der Waals surface area contributed by atoms with Crippen LogP contribution in [0.15, 0.2) is 36.4 Å². The van der Waals surface area contributed by atoms with E-state index in [1.807, 2.05) is 6.07 Å².